The fraction of sp³-hybridized carbons (Fsp3) is 0.0833. The molecule has 2 aromatic rings. The van der Waals surface area contributed by atoms with E-state index in [2.05, 4.69) is 5.92 Å². The lowest BCUT2D eigenvalue weighted by Crippen LogP contribution is -1.99. The fourth-order valence-corrected chi connectivity index (χ4v) is 1.81. The van der Waals surface area contributed by atoms with Crippen LogP contribution < -0.4 is 0 Å². The topological polar surface area (TPSA) is 22.0 Å². The van der Waals surface area contributed by atoms with Crippen molar-refractivity contribution in [2.24, 2.45) is 0 Å². The smallest absolute Gasteiger partial charge is 0.166 e. The number of aromatic nitrogens is 1. The molecular formula is C12H8ClNO. The van der Waals surface area contributed by atoms with Crippen LogP contribution >= 0.6 is 11.6 Å². The Bertz CT molecular complexity index is 563. The molecule has 0 bridgehead atoms. The molecule has 0 amide bonds. The molecule has 0 fully saturated rings. The average Bonchev–Trinajstić information content (AvgIpc) is 2.56. The molecule has 0 atom stereocenters. The second-order valence-electron chi connectivity index (χ2n) is 3.18. The van der Waals surface area contributed by atoms with Crippen molar-refractivity contribution in [2.75, 3.05) is 0 Å². The van der Waals surface area contributed by atoms with Crippen molar-refractivity contribution in [3.63, 3.8) is 0 Å². The van der Waals surface area contributed by atoms with E-state index in [4.69, 9.17) is 18.0 Å². The van der Waals surface area contributed by atoms with Crippen LogP contribution in [0.5, 0.6) is 0 Å². The number of nitrogens with zero attached hydrogens (tertiary/aromatic N) is 1. The largest absolute Gasteiger partial charge is 0.327 e. The van der Waals surface area contributed by atoms with Crippen LogP contribution in [0.1, 0.15) is 10.5 Å². The summed E-state index contributed by atoms with van der Waals surface area (Å²) in [4.78, 5) is 10.8. The van der Waals surface area contributed by atoms with Gasteiger partial charge in [-0.15, -0.1) is 6.42 Å². The van der Waals surface area contributed by atoms with Gasteiger partial charge in [-0.1, -0.05) is 17.5 Å². The first-order chi connectivity index (χ1) is 7.26. The Hall–Kier alpha value is -1.72. The van der Waals surface area contributed by atoms with E-state index in [0.717, 1.165) is 17.2 Å². The Balaban J connectivity index is 2.75. The fourth-order valence-electron chi connectivity index (χ4n) is 1.63. The minimum Gasteiger partial charge on any atom is -0.327 e. The molecule has 0 aliphatic carbocycles. The molecule has 15 heavy (non-hydrogen) atoms. The zero-order valence-corrected chi connectivity index (χ0v) is 8.66. The first-order valence-electron chi connectivity index (χ1n) is 4.43. The summed E-state index contributed by atoms with van der Waals surface area (Å²) in [5.74, 6) is 2.52. The van der Waals surface area contributed by atoms with Crippen molar-refractivity contribution in [1.82, 2.24) is 4.57 Å². The second kappa shape index (κ2) is 3.80. The van der Waals surface area contributed by atoms with Crippen molar-refractivity contribution >= 4 is 28.8 Å². The van der Waals surface area contributed by atoms with Gasteiger partial charge in [-0.05, 0) is 24.3 Å². The highest BCUT2D eigenvalue weighted by Gasteiger charge is 2.06. The van der Waals surface area contributed by atoms with Gasteiger partial charge in [-0.2, -0.15) is 0 Å². The zero-order chi connectivity index (χ0) is 10.8. The Labute approximate surface area is 92.5 Å². The van der Waals surface area contributed by atoms with Crippen molar-refractivity contribution in [3.05, 3.63) is 35.0 Å². The molecule has 0 aliphatic rings. The minimum absolute atomic E-state index is 0.388. The lowest BCUT2D eigenvalue weighted by atomic mass is 10.2. The summed E-state index contributed by atoms with van der Waals surface area (Å²) in [5, 5.41) is 1.58. The number of carbonyl (C=O) groups is 1. The molecule has 0 saturated carbocycles. The summed E-state index contributed by atoms with van der Waals surface area (Å²) in [6.07, 6.45) is 6.05. The number of aldehydes is 1. The van der Waals surface area contributed by atoms with Crippen LogP contribution in [-0.4, -0.2) is 10.9 Å². The molecule has 0 saturated heterocycles. The lowest BCUT2D eigenvalue weighted by Gasteiger charge is -2.01. The van der Waals surface area contributed by atoms with Gasteiger partial charge in [0.1, 0.15) is 0 Å². The summed E-state index contributed by atoms with van der Waals surface area (Å²) in [7, 11) is 0. The maximum atomic E-state index is 10.8. The normalized spacial score (nSPS) is 10.1. The monoisotopic (exact) mass is 217 g/mol. The molecule has 2 nitrogen and oxygen atoms in total. The van der Waals surface area contributed by atoms with Gasteiger partial charge in [0, 0.05) is 15.9 Å². The van der Waals surface area contributed by atoms with Gasteiger partial charge in [-0.3, -0.25) is 4.79 Å². The van der Waals surface area contributed by atoms with Crippen LogP contribution in [0.4, 0.5) is 0 Å². The van der Waals surface area contributed by atoms with E-state index < -0.39 is 0 Å². The molecule has 0 unspecified atom stereocenters. The standard InChI is InChI=1S/C12H8ClNO/c1-2-5-14-11(8-15)7-9-6-10(13)3-4-12(9)14/h1,3-4,6-8H,5H2. The molecule has 3 heteroatoms. The van der Waals surface area contributed by atoms with Crippen molar-refractivity contribution in [1.29, 1.82) is 0 Å². The number of benzene rings is 1. The van der Waals surface area contributed by atoms with Gasteiger partial charge in [0.15, 0.2) is 6.29 Å². The molecular weight excluding hydrogens is 210 g/mol. The molecule has 0 spiro atoms. The summed E-state index contributed by atoms with van der Waals surface area (Å²) in [5.41, 5.74) is 1.50. The van der Waals surface area contributed by atoms with Crippen LogP contribution in [0.15, 0.2) is 24.3 Å². The van der Waals surface area contributed by atoms with E-state index in [1.54, 1.807) is 16.7 Å². The van der Waals surface area contributed by atoms with Crippen molar-refractivity contribution in [2.45, 2.75) is 6.54 Å². The van der Waals surface area contributed by atoms with Gasteiger partial charge in [-0.25, -0.2) is 0 Å². The number of carbonyl (C=O) groups excluding carboxylic acids is 1. The highest BCUT2D eigenvalue weighted by molar-refractivity contribution is 6.31. The summed E-state index contributed by atoms with van der Waals surface area (Å²) in [6, 6.07) is 7.25. The zero-order valence-electron chi connectivity index (χ0n) is 7.90. The van der Waals surface area contributed by atoms with Crippen molar-refractivity contribution < 1.29 is 4.79 Å². The van der Waals surface area contributed by atoms with Crippen LogP contribution in [0.2, 0.25) is 5.02 Å². The van der Waals surface area contributed by atoms with E-state index in [-0.39, 0.29) is 0 Å². The molecule has 0 N–H and O–H groups in total. The van der Waals surface area contributed by atoms with Gasteiger partial charge in [0.2, 0.25) is 0 Å². The van der Waals surface area contributed by atoms with E-state index in [1.807, 2.05) is 12.1 Å². The molecule has 1 aromatic carbocycles. The third kappa shape index (κ3) is 1.62. The highest BCUT2D eigenvalue weighted by Crippen LogP contribution is 2.22. The molecule has 1 heterocycles. The van der Waals surface area contributed by atoms with E-state index in [0.29, 0.717) is 17.3 Å². The number of halogens is 1. The Morgan fingerprint density at radius 2 is 2.27 bits per heavy atom. The summed E-state index contributed by atoms with van der Waals surface area (Å²) in [6.45, 7) is 0.388. The maximum absolute atomic E-state index is 10.8. The molecule has 1 aromatic heterocycles. The third-order valence-corrected chi connectivity index (χ3v) is 2.50. The summed E-state index contributed by atoms with van der Waals surface area (Å²) < 4.78 is 1.79. The van der Waals surface area contributed by atoms with Crippen molar-refractivity contribution in [3.8, 4) is 12.3 Å². The van der Waals surface area contributed by atoms with Gasteiger partial charge in [0.25, 0.3) is 0 Å². The number of rotatable bonds is 2. The Morgan fingerprint density at radius 1 is 1.47 bits per heavy atom. The van der Waals surface area contributed by atoms with Crippen LogP contribution in [0.3, 0.4) is 0 Å². The van der Waals surface area contributed by atoms with Gasteiger partial charge >= 0.3 is 0 Å². The predicted molar refractivity (Wildman–Crippen MR) is 61.2 cm³/mol. The SMILES string of the molecule is C#CCn1c(C=O)cc2cc(Cl)ccc21. The second-order valence-corrected chi connectivity index (χ2v) is 3.62. The van der Waals surface area contributed by atoms with E-state index >= 15 is 0 Å². The molecule has 74 valence electrons. The molecule has 0 aliphatic heterocycles. The lowest BCUT2D eigenvalue weighted by molar-refractivity contribution is 0.111. The first kappa shape index (κ1) is 9.82. The average molecular weight is 218 g/mol. The number of terminal acetylenes is 1. The Morgan fingerprint density at radius 3 is 2.93 bits per heavy atom. The predicted octanol–water partition coefficient (Wildman–Crippen LogP) is 2.74. The highest BCUT2D eigenvalue weighted by atomic mass is 35.5. The maximum Gasteiger partial charge on any atom is 0.166 e. The number of fused-ring (bicyclic) bond motifs is 1. The quantitative estimate of drug-likeness (QED) is 0.560. The summed E-state index contributed by atoms with van der Waals surface area (Å²) >= 11 is 5.86. The number of hydrogen-bond acceptors (Lipinski definition) is 1. The molecule has 2 rings (SSSR count). The molecule has 0 radical (unpaired) electrons. The number of hydrogen-bond donors (Lipinski definition) is 0. The van der Waals surface area contributed by atoms with Gasteiger partial charge in [0.05, 0.1) is 12.2 Å². The van der Waals surface area contributed by atoms with Crippen LogP contribution in [-0.2, 0) is 6.54 Å². The van der Waals surface area contributed by atoms with E-state index in [9.17, 15) is 4.79 Å². The van der Waals surface area contributed by atoms with Crippen LogP contribution in [0, 0.1) is 12.3 Å². The Kier molecular flexibility index (Phi) is 2.49. The van der Waals surface area contributed by atoms with Gasteiger partial charge < -0.3 is 4.57 Å². The van der Waals surface area contributed by atoms with E-state index in [1.165, 1.54) is 0 Å². The minimum atomic E-state index is 0.388. The van der Waals surface area contributed by atoms with Crippen LogP contribution in [0.25, 0.3) is 10.9 Å². The first-order valence-corrected chi connectivity index (χ1v) is 4.81. The third-order valence-electron chi connectivity index (χ3n) is 2.27.